The van der Waals surface area contributed by atoms with Crippen molar-refractivity contribution in [1.82, 2.24) is 9.80 Å². The molecular formula is C32H34FN3O4. The van der Waals surface area contributed by atoms with E-state index in [1.54, 1.807) is 12.1 Å². The van der Waals surface area contributed by atoms with Gasteiger partial charge in [0.05, 0.1) is 25.2 Å². The number of hydrogen-bond donors (Lipinski definition) is 0. The molecule has 0 radical (unpaired) electrons. The summed E-state index contributed by atoms with van der Waals surface area (Å²) in [6.45, 7) is 7.82. The standard InChI is InChI=1S/C32H34FN3O4/c1-3-39-27-19-21-13-14-36-30(26(21)20-28(27)40-4-2)29(24-7-5-6-8-25(24)31(36)37)32(38)35-17-15-34(16-18-35)23-11-9-22(33)10-12-23/h5-12,19-20,29-30H,3-4,13-18H2,1-2H3/t29-,30+/m0/s1. The van der Waals surface area contributed by atoms with Gasteiger partial charge in [-0.2, -0.15) is 0 Å². The number of anilines is 1. The summed E-state index contributed by atoms with van der Waals surface area (Å²) < 4.78 is 25.3. The smallest absolute Gasteiger partial charge is 0.254 e. The van der Waals surface area contributed by atoms with Crippen molar-refractivity contribution < 1.29 is 23.5 Å². The van der Waals surface area contributed by atoms with E-state index < -0.39 is 12.0 Å². The first-order valence-corrected chi connectivity index (χ1v) is 14.1. The highest BCUT2D eigenvalue weighted by atomic mass is 19.1. The molecule has 0 N–H and O–H groups in total. The lowest BCUT2D eigenvalue weighted by atomic mass is 9.75. The zero-order chi connectivity index (χ0) is 27.8. The number of amides is 2. The number of nitrogens with zero attached hydrogens (tertiary/aromatic N) is 3. The van der Waals surface area contributed by atoms with E-state index in [0.717, 1.165) is 22.4 Å². The van der Waals surface area contributed by atoms with E-state index in [1.165, 1.54) is 12.1 Å². The Morgan fingerprint density at radius 3 is 2.25 bits per heavy atom. The molecular weight excluding hydrogens is 509 g/mol. The summed E-state index contributed by atoms with van der Waals surface area (Å²) in [5.41, 5.74) is 4.35. The highest BCUT2D eigenvalue weighted by molar-refractivity contribution is 6.01. The molecule has 3 heterocycles. The van der Waals surface area contributed by atoms with Crippen molar-refractivity contribution in [3.8, 4) is 11.5 Å². The second kappa shape index (κ2) is 10.8. The molecule has 2 atom stereocenters. The molecule has 3 aliphatic heterocycles. The quantitative estimate of drug-likeness (QED) is 0.447. The Balaban J connectivity index is 1.36. The third kappa shape index (κ3) is 4.55. The number of piperazine rings is 1. The number of carbonyl (C=O) groups excluding carboxylic acids is 2. The first kappa shape index (κ1) is 26.2. The van der Waals surface area contributed by atoms with E-state index in [1.807, 2.05) is 60.0 Å². The van der Waals surface area contributed by atoms with Crippen LogP contribution < -0.4 is 14.4 Å². The molecule has 0 bridgehead atoms. The SMILES string of the molecule is CCOc1cc2c(cc1OCC)[C@@H]1[C@@H](C(=O)N3CCN(c4ccc(F)cc4)CC3)c3ccccc3C(=O)N1CC2. The van der Waals surface area contributed by atoms with Crippen LogP contribution in [0, 0.1) is 5.82 Å². The molecule has 1 fully saturated rings. The fourth-order valence-electron chi connectivity index (χ4n) is 6.37. The molecule has 1 saturated heterocycles. The molecule has 3 aromatic rings. The molecule has 208 valence electrons. The Bertz CT molecular complexity index is 1420. The molecule has 0 saturated carbocycles. The minimum absolute atomic E-state index is 0.0217. The Hall–Kier alpha value is -4.07. The number of rotatable bonds is 6. The molecule has 0 spiro atoms. The van der Waals surface area contributed by atoms with Gasteiger partial charge in [-0.25, -0.2) is 4.39 Å². The number of ether oxygens (including phenoxy) is 2. The van der Waals surface area contributed by atoms with Crippen LogP contribution in [0.1, 0.15) is 52.9 Å². The lowest BCUT2D eigenvalue weighted by Crippen LogP contribution is -2.54. The van der Waals surface area contributed by atoms with Gasteiger partial charge in [0, 0.05) is 44.0 Å². The van der Waals surface area contributed by atoms with Crippen LogP contribution in [-0.2, 0) is 11.2 Å². The van der Waals surface area contributed by atoms with Crippen molar-refractivity contribution in [2.24, 2.45) is 0 Å². The Morgan fingerprint density at radius 2 is 1.55 bits per heavy atom. The molecule has 2 amide bonds. The van der Waals surface area contributed by atoms with Crippen LogP contribution in [0.2, 0.25) is 0 Å². The number of halogens is 1. The highest BCUT2D eigenvalue weighted by Gasteiger charge is 2.48. The van der Waals surface area contributed by atoms with Crippen LogP contribution in [0.3, 0.4) is 0 Å². The van der Waals surface area contributed by atoms with E-state index in [9.17, 15) is 14.0 Å². The van der Waals surface area contributed by atoms with E-state index in [-0.39, 0.29) is 17.6 Å². The Kier molecular flexibility index (Phi) is 7.09. The maximum Gasteiger partial charge on any atom is 0.254 e. The summed E-state index contributed by atoms with van der Waals surface area (Å²) in [4.78, 5) is 34.1. The summed E-state index contributed by atoms with van der Waals surface area (Å²) in [5.74, 6) is 0.518. The third-order valence-electron chi connectivity index (χ3n) is 8.23. The second-order valence-corrected chi connectivity index (χ2v) is 10.4. The highest BCUT2D eigenvalue weighted by Crippen LogP contribution is 2.49. The van der Waals surface area contributed by atoms with Gasteiger partial charge in [0.15, 0.2) is 11.5 Å². The van der Waals surface area contributed by atoms with Crippen molar-refractivity contribution in [3.05, 3.63) is 88.7 Å². The molecule has 7 nitrogen and oxygen atoms in total. The fraction of sp³-hybridized carbons (Fsp3) is 0.375. The zero-order valence-corrected chi connectivity index (χ0v) is 22.9. The van der Waals surface area contributed by atoms with Gasteiger partial charge < -0.3 is 24.2 Å². The fourth-order valence-corrected chi connectivity index (χ4v) is 6.37. The summed E-state index contributed by atoms with van der Waals surface area (Å²) in [6.07, 6.45) is 0.684. The largest absolute Gasteiger partial charge is 0.490 e. The van der Waals surface area contributed by atoms with Crippen molar-refractivity contribution in [1.29, 1.82) is 0 Å². The number of hydrogen-bond acceptors (Lipinski definition) is 5. The van der Waals surface area contributed by atoms with Crippen LogP contribution in [0.4, 0.5) is 10.1 Å². The predicted molar refractivity (Wildman–Crippen MR) is 151 cm³/mol. The minimum Gasteiger partial charge on any atom is -0.490 e. The Morgan fingerprint density at radius 1 is 0.875 bits per heavy atom. The van der Waals surface area contributed by atoms with Gasteiger partial charge in [-0.1, -0.05) is 18.2 Å². The van der Waals surface area contributed by atoms with Crippen molar-refractivity contribution >= 4 is 17.5 Å². The van der Waals surface area contributed by atoms with Gasteiger partial charge in [0.2, 0.25) is 5.91 Å². The van der Waals surface area contributed by atoms with Crippen LogP contribution in [0.5, 0.6) is 11.5 Å². The first-order chi connectivity index (χ1) is 19.5. The summed E-state index contributed by atoms with van der Waals surface area (Å²) in [6, 6.07) is 17.6. The molecule has 6 rings (SSSR count). The van der Waals surface area contributed by atoms with E-state index in [2.05, 4.69) is 4.90 Å². The molecule has 3 aliphatic rings. The maximum absolute atomic E-state index is 14.4. The summed E-state index contributed by atoms with van der Waals surface area (Å²) in [5, 5.41) is 0. The van der Waals surface area contributed by atoms with Crippen LogP contribution in [-0.4, -0.2) is 67.6 Å². The topological polar surface area (TPSA) is 62.3 Å². The van der Waals surface area contributed by atoms with Crippen LogP contribution in [0.25, 0.3) is 0 Å². The van der Waals surface area contributed by atoms with Gasteiger partial charge in [0.25, 0.3) is 5.91 Å². The van der Waals surface area contributed by atoms with Gasteiger partial charge in [0.1, 0.15) is 5.82 Å². The van der Waals surface area contributed by atoms with Gasteiger partial charge in [-0.05, 0) is 79.4 Å². The third-order valence-corrected chi connectivity index (χ3v) is 8.23. The molecule has 3 aromatic carbocycles. The van der Waals surface area contributed by atoms with E-state index in [0.29, 0.717) is 69.4 Å². The number of fused-ring (bicyclic) bond motifs is 4. The maximum atomic E-state index is 14.4. The molecule has 0 unspecified atom stereocenters. The van der Waals surface area contributed by atoms with E-state index >= 15 is 0 Å². The molecule has 0 aliphatic carbocycles. The van der Waals surface area contributed by atoms with Crippen molar-refractivity contribution in [3.63, 3.8) is 0 Å². The van der Waals surface area contributed by atoms with Crippen LogP contribution in [0.15, 0.2) is 60.7 Å². The van der Waals surface area contributed by atoms with Crippen molar-refractivity contribution in [2.45, 2.75) is 32.2 Å². The molecule has 8 heteroatoms. The molecule has 0 aromatic heterocycles. The summed E-state index contributed by atoms with van der Waals surface area (Å²) in [7, 11) is 0. The number of carbonyl (C=O) groups is 2. The number of benzene rings is 3. The van der Waals surface area contributed by atoms with E-state index in [4.69, 9.17) is 9.47 Å². The van der Waals surface area contributed by atoms with Crippen molar-refractivity contribution in [2.75, 3.05) is 50.8 Å². The zero-order valence-electron chi connectivity index (χ0n) is 22.9. The van der Waals surface area contributed by atoms with Gasteiger partial charge in [-0.15, -0.1) is 0 Å². The average molecular weight is 544 g/mol. The second-order valence-electron chi connectivity index (χ2n) is 10.4. The first-order valence-electron chi connectivity index (χ1n) is 14.1. The van der Waals surface area contributed by atoms with Gasteiger partial charge in [-0.3, -0.25) is 9.59 Å². The normalized spacial score (nSPS) is 20.0. The monoisotopic (exact) mass is 543 g/mol. The lowest BCUT2D eigenvalue weighted by Gasteiger charge is -2.47. The minimum atomic E-state index is -0.530. The average Bonchev–Trinajstić information content (AvgIpc) is 2.98. The predicted octanol–water partition coefficient (Wildman–Crippen LogP) is 4.81. The summed E-state index contributed by atoms with van der Waals surface area (Å²) >= 11 is 0. The Labute approximate surface area is 234 Å². The van der Waals surface area contributed by atoms with Gasteiger partial charge >= 0.3 is 0 Å². The molecule has 40 heavy (non-hydrogen) atoms. The lowest BCUT2D eigenvalue weighted by molar-refractivity contribution is -0.135. The van der Waals surface area contributed by atoms with Crippen LogP contribution >= 0.6 is 0 Å².